The van der Waals surface area contributed by atoms with E-state index in [-0.39, 0.29) is 23.5 Å². The summed E-state index contributed by atoms with van der Waals surface area (Å²) in [6, 6.07) is 7.29. The Morgan fingerprint density at radius 2 is 1.97 bits per heavy atom. The van der Waals surface area contributed by atoms with Crippen molar-refractivity contribution in [3.8, 4) is 23.1 Å². The quantitative estimate of drug-likeness (QED) is 0.302. The first-order valence-electron chi connectivity index (χ1n) is 11.2. The molecule has 1 heterocycles. The van der Waals surface area contributed by atoms with Crippen LogP contribution in [0.2, 0.25) is 0 Å². The number of methoxy groups -OCH3 is 1. The zero-order valence-corrected chi connectivity index (χ0v) is 18.3. The van der Waals surface area contributed by atoms with Gasteiger partial charge in [0.1, 0.15) is 6.61 Å². The van der Waals surface area contributed by atoms with Gasteiger partial charge in [-0.25, -0.2) is 4.98 Å². The van der Waals surface area contributed by atoms with Crippen LogP contribution in [-0.4, -0.2) is 48.0 Å². The predicted octanol–water partition coefficient (Wildman–Crippen LogP) is 3.48. The molecule has 1 aliphatic carbocycles. The lowest BCUT2D eigenvalue weighted by Gasteiger charge is -2.32. The summed E-state index contributed by atoms with van der Waals surface area (Å²) in [6.07, 6.45) is 8.85. The van der Waals surface area contributed by atoms with Gasteiger partial charge in [0.25, 0.3) is 5.88 Å². The first-order chi connectivity index (χ1) is 15.1. The van der Waals surface area contributed by atoms with Crippen LogP contribution in [0.5, 0.6) is 23.1 Å². The maximum Gasteiger partial charge on any atom is 0.257 e. The van der Waals surface area contributed by atoms with Crippen LogP contribution in [0.3, 0.4) is 0 Å². The average Bonchev–Trinajstić information content (AvgIpc) is 2.79. The molecule has 0 aliphatic heterocycles. The van der Waals surface area contributed by atoms with Crippen molar-refractivity contribution in [1.82, 2.24) is 10.3 Å². The highest BCUT2D eigenvalue weighted by Crippen LogP contribution is 2.42. The molecular formula is C24H35N3O4. The molecule has 2 atom stereocenters. The number of rotatable bonds is 12. The zero-order valence-electron chi connectivity index (χ0n) is 18.3. The largest absolute Gasteiger partial charge is 0.504 e. The standard InChI is InChI=1S/C24H35N3O4/c1-30-22-8-6-14-27-24(22)31-16-15-26-13-5-3-2-4-7-18-17-10-12-21(28)23(29)19(17)9-11-20(18)25/h6,8,10,12,14,18,20,26,28-29H,2-5,7,9,11,13,15-16,25H2,1H3. The Balaban J connectivity index is 1.28. The van der Waals surface area contributed by atoms with Crippen molar-refractivity contribution < 1.29 is 19.7 Å². The molecule has 0 bridgehead atoms. The SMILES string of the molecule is COc1cccnc1OCCNCCCCCCC1c2ccc(O)c(O)c2CCC1N. The lowest BCUT2D eigenvalue weighted by molar-refractivity contribution is 0.280. The predicted molar refractivity (Wildman–Crippen MR) is 121 cm³/mol. The normalized spacial score (nSPS) is 17.9. The van der Waals surface area contributed by atoms with Crippen molar-refractivity contribution in [2.45, 2.75) is 56.9 Å². The number of phenols is 2. The second kappa shape index (κ2) is 11.8. The summed E-state index contributed by atoms with van der Waals surface area (Å²) in [7, 11) is 1.61. The van der Waals surface area contributed by atoms with Crippen molar-refractivity contribution in [3.05, 3.63) is 41.6 Å². The number of ether oxygens (including phenoxy) is 2. The third kappa shape index (κ3) is 6.24. The number of hydrogen-bond donors (Lipinski definition) is 4. The first-order valence-corrected chi connectivity index (χ1v) is 11.2. The summed E-state index contributed by atoms with van der Waals surface area (Å²) in [4.78, 5) is 4.17. The number of unbranched alkanes of at least 4 members (excludes halogenated alkanes) is 3. The third-order valence-corrected chi connectivity index (χ3v) is 6.03. The van der Waals surface area contributed by atoms with Crippen LogP contribution in [0.15, 0.2) is 30.5 Å². The number of fused-ring (bicyclic) bond motifs is 1. The van der Waals surface area contributed by atoms with Gasteiger partial charge >= 0.3 is 0 Å². The molecule has 1 aromatic heterocycles. The number of aromatic nitrogens is 1. The molecule has 5 N–H and O–H groups in total. The molecule has 3 rings (SSSR count). The molecule has 1 aromatic carbocycles. The Bertz CT molecular complexity index is 830. The summed E-state index contributed by atoms with van der Waals surface area (Å²) < 4.78 is 10.9. The van der Waals surface area contributed by atoms with Crippen molar-refractivity contribution >= 4 is 0 Å². The molecule has 0 fully saturated rings. The monoisotopic (exact) mass is 429 g/mol. The molecule has 1 aliphatic rings. The van der Waals surface area contributed by atoms with Crippen molar-refractivity contribution in [2.75, 3.05) is 26.8 Å². The Morgan fingerprint density at radius 3 is 2.81 bits per heavy atom. The number of phenolic OH excluding ortho intramolecular Hbond substituents is 2. The number of hydrogen-bond acceptors (Lipinski definition) is 7. The molecule has 0 spiro atoms. The molecular weight excluding hydrogens is 394 g/mol. The van der Waals surface area contributed by atoms with Gasteiger partial charge < -0.3 is 30.7 Å². The molecule has 0 radical (unpaired) electrons. The fourth-order valence-corrected chi connectivity index (χ4v) is 4.31. The van der Waals surface area contributed by atoms with E-state index in [0.29, 0.717) is 18.2 Å². The van der Waals surface area contributed by atoms with Gasteiger partial charge in [0.05, 0.1) is 7.11 Å². The van der Waals surface area contributed by atoms with Crippen LogP contribution in [0.4, 0.5) is 0 Å². The van der Waals surface area contributed by atoms with E-state index in [4.69, 9.17) is 15.2 Å². The molecule has 7 nitrogen and oxygen atoms in total. The topological polar surface area (TPSA) is 110 Å². The Hall–Kier alpha value is -2.51. The summed E-state index contributed by atoms with van der Waals surface area (Å²) in [5, 5.41) is 23.3. The number of nitrogens with two attached hydrogens (primary N) is 1. The van der Waals surface area contributed by atoms with Crippen LogP contribution >= 0.6 is 0 Å². The Morgan fingerprint density at radius 1 is 1.13 bits per heavy atom. The summed E-state index contributed by atoms with van der Waals surface area (Å²) in [5.41, 5.74) is 8.36. The highest BCUT2D eigenvalue weighted by Gasteiger charge is 2.29. The van der Waals surface area contributed by atoms with Gasteiger partial charge in [-0.1, -0.05) is 25.3 Å². The molecule has 31 heavy (non-hydrogen) atoms. The third-order valence-electron chi connectivity index (χ3n) is 6.03. The van der Waals surface area contributed by atoms with Crippen LogP contribution < -0.4 is 20.5 Å². The average molecular weight is 430 g/mol. The number of nitrogens with zero attached hydrogens (tertiary/aromatic N) is 1. The lowest BCUT2D eigenvalue weighted by atomic mass is 9.76. The van der Waals surface area contributed by atoms with Crippen LogP contribution in [-0.2, 0) is 6.42 Å². The molecule has 0 saturated carbocycles. The van der Waals surface area contributed by atoms with Crippen molar-refractivity contribution in [2.24, 2.45) is 5.73 Å². The molecule has 170 valence electrons. The second-order valence-corrected chi connectivity index (χ2v) is 8.12. The van der Waals surface area contributed by atoms with E-state index in [1.165, 1.54) is 0 Å². The molecule has 7 heteroatoms. The minimum atomic E-state index is -0.0370. The molecule has 2 unspecified atom stereocenters. The fourth-order valence-electron chi connectivity index (χ4n) is 4.31. The first kappa shape index (κ1) is 23.2. The molecule has 0 amide bonds. The van der Waals surface area contributed by atoms with E-state index in [1.54, 1.807) is 19.4 Å². The van der Waals surface area contributed by atoms with Gasteiger partial charge in [-0.15, -0.1) is 0 Å². The highest BCUT2D eigenvalue weighted by molar-refractivity contribution is 5.51. The van der Waals surface area contributed by atoms with Crippen LogP contribution in [0.1, 0.15) is 55.6 Å². The number of pyridine rings is 1. The van der Waals surface area contributed by atoms with Crippen LogP contribution in [0, 0.1) is 0 Å². The van der Waals surface area contributed by atoms with Gasteiger partial charge in [-0.05, 0) is 61.9 Å². The van der Waals surface area contributed by atoms with Gasteiger partial charge in [0.2, 0.25) is 0 Å². The summed E-state index contributed by atoms with van der Waals surface area (Å²) >= 11 is 0. The minimum absolute atomic E-state index is 0.0333. The van der Waals surface area contributed by atoms with E-state index in [9.17, 15) is 10.2 Å². The zero-order chi connectivity index (χ0) is 22.1. The maximum absolute atomic E-state index is 10.2. The van der Waals surface area contributed by atoms with Gasteiger partial charge in [0.15, 0.2) is 17.2 Å². The van der Waals surface area contributed by atoms with E-state index < -0.39 is 0 Å². The molecule has 0 saturated heterocycles. The van der Waals surface area contributed by atoms with E-state index in [0.717, 1.165) is 69.2 Å². The maximum atomic E-state index is 10.2. The van der Waals surface area contributed by atoms with E-state index >= 15 is 0 Å². The van der Waals surface area contributed by atoms with Crippen molar-refractivity contribution in [3.63, 3.8) is 0 Å². The molecule has 2 aromatic rings. The van der Waals surface area contributed by atoms with Crippen molar-refractivity contribution in [1.29, 1.82) is 0 Å². The smallest absolute Gasteiger partial charge is 0.257 e. The van der Waals surface area contributed by atoms with Gasteiger partial charge in [-0.2, -0.15) is 0 Å². The van der Waals surface area contributed by atoms with E-state index in [1.807, 2.05) is 18.2 Å². The van der Waals surface area contributed by atoms with Gasteiger partial charge in [-0.3, -0.25) is 0 Å². The lowest BCUT2D eigenvalue weighted by Crippen LogP contribution is -2.33. The Kier molecular flexibility index (Phi) is 8.79. The van der Waals surface area contributed by atoms with E-state index in [2.05, 4.69) is 10.3 Å². The highest BCUT2D eigenvalue weighted by atomic mass is 16.5. The minimum Gasteiger partial charge on any atom is -0.504 e. The Labute approximate surface area is 184 Å². The number of nitrogens with one attached hydrogen (secondary N) is 1. The second-order valence-electron chi connectivity index (χ2n) is 8.12. The van der Waals surface area contributed by atoms with Gasteiger partial charge in [0, 0.05) is 24.3 Å². The number of aromatic hydroxyl groups is 2. The fraction of sp³-hybridized carbons (Fsp3) is 0.542. The summed E-state index contributed by atoms with van der Waals surface area (Å²) in [6.45, 7) is 2.28. The summed E-state index contributed by atoms with van der Waals surface area (Å²) in [5.74, 6) is 1.43. The number of benzene rings is 1. The van der Waals surface area contributed by atoms with Crippen LogP contribution in [0.25, 0.3) is 0 Å².